The topological polar surface area (TPSA) is 89.9 Å². The molecule has 0 fully saturated rings. The van der Waals surface area contributed by atoms with Crippen molar-refractivity contribution in [1.82, 2.24) is 24.9 Å². The average molecular weight is 408 g/mol. The summed E-state index contributed by atoms with van der Waals surface area (Å²) in [5.41, 5.74) is 1.60. The number of fused-ring (bicyclic) bond motifs is 1. The molecule has 2 N–H and O–H groups in total. The van der Waals surface area contributed by atoms with Gasteiger partial charge in [0.25, 0.3) is 5.91 Å². The van der Waals surface area contributed by atoms with E-state index in [4.69, 9.17) is 4.42 Å². The third-order valence-electron chi connectivity index (χ3n) is 5.09. The Morgan fingerprint density at radius 3 is 2.86 bits per heavy atom. The van der Waals surface area contributed by atoms with Crippen LogP contribution >= 0.6 is 0 Å². The van der Waals surface area contributed by atoms with Crippen molar-refractivity contribution in [2.24, 2.45) is 7.05 Å². The predicted octanol–water partition coefficient (Wildman–Crippen LogP) is 3.11. The van der Waals surface area contributed by atoms with Gasteiger partial charge in [0.05, 0.1) is 18.5 Å². The minimum atomic E-state index is -4.52. The van der Waals surface area contributed by atoms with E-state index >= 15 is 0 Å². The number of furan rings is 1. The fraction of sp³-hybridized carbons (Fsp3) is 0.389. The van der Waals surface area contributed by atoms with Gasteiger partial charge in [0.2, 0.25) is 0 Å². The summed E-state index contributed by atoms with van der Waals surface area (Å²) in [6, 6.07) is 2.01. The quantitative estimate of drug-likeness (QED) is 0.692. The van der Waals surface area contributed by atoms with Gasteiger partial charge in [-0.2, -0.15) is 23.4 Å². The number of nitrogens with zero attached hydrogens (tertiary/aromatic N) is 4. The molecule has 3 aromatic heterocycles. The van der Waals surface area contributed by atoms with Crippen molar-refractivity contribution in [1.29, 1.82) is 0 Å². The van der Waals surface area contributed by atoms with Gasteiger partial charge >= 0.3 is 6.18 Å². The van der Waals surface area contributed by atoms with Crippen LogP contribution in [0.4, 0.5) is 19.0 Å². The fourth-order valence-corrected chi connectivity index (χ4v) is 3.34. The summed E-state index contributed by atoms with van der Waals surface area (Å²) in [6.45, 7) is 2.06. The molecule has 0 radical (unpaired) electrons. The van der Waals surface area contributed by atoms with Crippen LogP contribution in [0.25, 0.3) is 0 Å². The van der Waals surface area contributed by atoms with Crippen molar-refractivity contribution < 1.29 is 22.4 Å². The van der Waals surface area contributed by atoms with Crippen LogP contribution in [0.5, 0.6) is 0 Å². The minimum Gasteiger partial charge on any atom is -0.467 e. The highest BCUT2D eigenvalue weighted by Crippen LogP contribution is 2.43. The molecule has 0 aromatic carbocycles. The zero-order valence-electron chi connectivity index (χ0n) is 15.7. The van der Waals surface area contributed by atoms with Gasteiger partial charge in [-0.15, -0.1) is 0 Å². The first kappa shape index (κ1) is 19.1. The lowest BCUT2D eigenvalue weighted by Gasteiger charge is -2.32. The normalized spacial score (nSPS) is 18.9. The standard InChI is InChI=1S/C18H19F3N6O2/c1-10-11(9-23-26(10)2)8-22-17(28)13-7-16-24-12(14-4-3-5-29-14)6-15(18(19,20)21)27(16)25-13/h3-5,7,9,12,15,24H,6,8H2,1-2H3,(H,22,28)/t12-,15+/m0/s1. The second-order valence-corrected chi connectivity index (χ2v) is 6.93. The molecule has 0 saturated carbocycles. The van der Waals surface area contributed by atoms with Crippen LogP contribution in [0.2, 0.25) is 0 Å². The molecule has 0 spiro atoms. The van der Waals surface area contributed by atoms with E-state index in [1.807, 2.05) is 6.92 Å². The Hall–Kier alpha value is -3.24. The molecule has 0 unspecified atom stereocenters. The Kier molecular flexibility index (Phi) is 4.59. The van der Waals surface area contributed by atoms with Crippen molar-refractivity contribution >= 4 is 11.7 Å². The summed E-state index contributed by atoms with van der Waals surface area (Å²) in [6.07, 6.45) is -1.77. The summed E-state index contributed by atoms with van der Waals surface area (Å²) in [5.74, 6) is -0.0557. The van der Waals surface area contributed by atoms with Crippen LogP contribution in [-0.4, -0.2) is 31.6 Å². The van der Waals surface area contributed by atoms with Gasteiger partial charge in [-0.25, -0.2) is 4.68 Å². The maximum Gasteiger partial charge on any atom is 0.410 e. The van der Waals surface area contributed by atoms with E-state index in [1.54, 1.807) is 30.1 Å². The highest BCUT2D eigenvalue weighted by molar-refractivity contribution is 5.93. The number of carbonyl (C=O) groups excluding carboxylic acids is 1. The largest absolute Gasteiger partial charge is 0.467 e. The smallest absolute Gasteiger partial charge is 0.410 e. The first-order chi connectivity index (χ1) is 13.7. The third-order valence-corrected chi connectivity index (χ3v) is 5.09. The third kappa shape index (κ3) is 3.59. The first-order valence-corrected chi connectivity index (χ1v) is 8.96. The van der Waals surface area contributed by atoms with Gasteiger partial charge in [0.1, 0.15) is 11.6 Å². The SMILES string of the molecule is Cc1c(CNC(=O)c2cc3n(n2)[C@@H](C(F)(F)F)C[C@@H](c2ccco2)N3)cnn1C. The van der Waals surface area contributed by atoms with Crippen LogP contribution in [0, 0.1) is 6.92 Å². The van der Waals surface area contributed by atoms with Crippen LogP contribution in [0.1, 0.15) is 46.0 Å². The average Bonchev–Trinajstić information content (AvgIpc) is 3.40. The Balaban J connectivity index is 1.57. The zero-order valence-corrected chi connectivity index (χ0v) is 15.7. The molecular formula is C18H19F3N6O2. The number of aryl methyl sites for hydroxylation is 1. The molecule has 1 aliphatic heterocycles. The highest BCUT2D eigenvalue weighted by Gasteiger charge is 2.47. The molecule has 0 bridgehead atoms. The van der Waals surface area contributed by atoms with Crippen molar-refractivity contribution in [3.63, 3.8) is 0 Å². The van der Waals surface area contributed by atoms with E-state index in [-0.39, 0.29) is 24.5 Å². The summed E-state index contributed by atoms with van der Waals surface area (Å²) in [4.78, 5) is 12.5. The Bertz CT molecular complexity index is 1020. The molecule has 1 amide bonds. The molecule has 0 saturated heterocycles. The fourth-order valence-electron chi connectivity index (χ4n) is 3.34. The molecule has 4 heterocycles. The van der Waals surface area contributed by atoms with Crippen LogP contribution < -0.4 is 10.6 Å². The summed E-state index contributed by atoms with van der Waals surface area (Å²) < 4.78 is 48.6. The van der Waals surface area contributed by atoms with E-state index in [0.29, 0.717) is 5.76 Å². The number of amides is 1. The number of rotatable bonds is 4. The minimum absolute atomic E-state index is 0.0941. The monoisotopic (exact) mass is 408 g/mol. The van der Waals surface area contributed by atoms with Crippen LogP contribution in [-0.2, 0) is 13.6 Å². The molecule has 154 valence electrons. The molecule has 4 rings (SSSR count). The number of alkyl halides is 3. The first-order valence-electron chi connectivity index (χ1n) is 8.96. The molecule has 8 nitrogen and oxygen atoms in total. The number of aromatic nitrogens is 4. The van der Waals surface area contributed by atoms with Crippen LogP contribution in [0.3, 0.4) is 0 Å². The Morgan fingerprint density at radius 1 is 1.45 bits per heavy atom. The maximum atomic E-state index is 13.6. The molecule has 3 aromatic rings. The zero-order chi connectivity index (χ0) is 20.8. The van der Waals surface area contributed by atoms with Gasteiger partial charge in [0, 0.05) is 37.3 Å². The van der Waals surface area contributed by atoms with E-state index in [0.717, 1.165) is 15.9 Å². The summed E-state index contributed by atoms with van der Waals surface area (Å²) >= 11 is 0. The Morgan fingerprint density at radius 2 is 2.24 bits per heavy atom. The van der Waals surface area contributed by atoms with E-state index in [9.17, 15) is 18.0 Å². The number of anilines is 1. The summed E-state index contributed by atoms with van der Waals surface area (Å²) in [5, 5.41) is 13.7. The van der Waals surface area contributed by atoms with E-state index in [2.05, 4.69) is 20.8 Å². The van der Waals surface area contributed by atoms with Gasteiger partial charge in [-0.3, -0.25) is 9.48 Å². The second-order valence-electron chi connectivity index (χ2n) is 6.93. The van der Waals surface area contributed by atoms with Gasteiger partial charge in [-0.05, 0) is 19.1 Å². The molecule has 2 atom stereocenters. The summed E-state index contributed by atoms with van der Waals surface area (Å²) in [7, 11) is 1.78. The number of carbonyl (C=O) groups is 1. The lowest BCUT2D eigenvalue weighted by Crippen LogP contribution is -2.35. The number of hydrogen-bond donors (Lipinski definition) is 2. The molecule has 11 heteroatoms. The van der Waals surface area contributed by atoms with Crippen molar-refractivity contribution in [3.05, 3.63) is 53.4 Å². The van der Waals surface area contributed by atoms with E-state index in [1.165, 1.54) is 12.3 Å². The Labute approximate surface area is 163 Å². The van der Waals surface area contributed by atoms with Gasteiger partial charge in [0.15, 0.2) is 11.7 Å². The van der Waals surface area contributed by atoms with Crippen molar-refractivity contribution in [2.75, 3.05) is 5.32 Å². The lowest BCUT2D eigenvalue weighted by molar-refractivity contribution is -0.174. The van der Waals surface area contributed by atoms with Crippen LogP contribution in [0.15, 0.2) is 35.1 Å². The highest BCUT2D eigenvalue weighted by atomic mass is 19.4. The number of halogens is 3. The number of hydrogen-bond acceptors (Lipinski definition) is 5. The van der Waals surface area contributed by atoms with Crippen molar-refractivity contribution in [2.45, 2.75) is 38.1 Å². The van der Waals surface area contributed by atoms with Gasteiger partial charge in [-0.1, -0.05) is 0 Å². The molecular weight excluding hydrogens is 389 g/mol. The molecule has 1 aliphatic rings. The second kappa shape index (κ2) is 6.98. The number of nitrogens with one attached hydrogen (secondary N) is 2. The maximum absolute atomic E-state index is 13.6. The van der Waals surface area contributed by atoms with Gasteiger partial charge < -0.3 is 15.1 Å². The molecule has 29 heavy (non-hydrogen) atoms. The predicted molar refractivity (Wildman–Crippen MR) is 96.1 cm³/mol. The van der Waals surface area contributed by atoms with Crippen molar-refractivity contribution in [3.8, 4) is 0 Å². The lowest BCUT2D eigenvalue weighted by atomic mass is 10.0. The molecule has 0 aliphatic carbocycles. The van der Waals surface area contributed by atoms with E-state index < -0.39 is 24.2 Å².